The lowest BCUT2D eigenvalue weighted by Gasteiger charge is -2.16. The summed E-state index contributed by atoms with van der Waals surface area (Å²) in [4.78, 5) is 31.3. The van der Waals surface area contributed by atoms with Crippen molar-refractivity contribution in [3.05, 3.63) is 99.2 Å². The number of carbonyl (C=O) groups is 1. The number of hydrogen-bond acceptors (Lipinski definition) is 7. The Morgan fingerprint density at radius 2 is 1.79 bits per heavy atom. The van der Waals surface area contributed by atoms with E-state index in [0.717, 1.165) is 22.8 Å². The standard InChI is InChI=1S/C28H26FN3O6S.2H2/c1-5-37-19-8-10-22(29)21(15-19)23-11-9-20(26(33)32-39(35,36)24-7-6-12-30-27(24)34)28(31-23)38-25-17(3)13-16(2)14-18(25)4;;/h6-15H,5H2,1-4H3,(H,30,34)(H,32,33);2*1H. The maximum atomic E-state index is 14.8. The van der Waals surface area contributed by atoms with Crippen molar-refractivity contribution < 1.29 is 29.9 Å². The number of ether oxygens (including phenoxy) is 2. The van der Waals surface area contributed by atoms with Gasteiger partial charge in [0.15, 0.2) is 4.90 Å². The van der Waals surface area contributed by atoms with Crippen LogP contribution < -0.4 is 19.8 Å². The van der Waals surface area contributed by atoms with Gasteiger partial charge in [-0.15, -0.1) is 0 Å². The van der Waals surface area contributed by atoms with E-state index in [9.17, 15) is 22.4 Å². The summed E-state index contributed by atoms with van der Waals surface area (Å²) in [5.41, 5.74) is 1.58. The van der Waals surface area contributed by atoms with Crippen molar-refractivity contribution in [2.45, 2.75) is 32.6 Å². The number of hydrogen-bond donors (Lipinski definition) is 2. The second-order valence-electron chi connectivity index (χ2n) is 8.75. The quantitative estimate of drug-likeness (QED) is 0.302. The molecule has 1 amide bonds. The normalized spacial score (nSPS) is 11.2. The Morgan fingerprint density at radius 1 is 1.08 bits per heavy atom. The first kappa shape index (κ1) is 27.5. The number of sulfonamides is 1. The number of nitrogens with zero attached hydrogens (tertiary/aromatic N) is 1. The van der Waals surface area contributed by atoms with E-state index in [1.807, 2.05) is 37.6 Å². The highest BCUT2D eigenvalue weighted by Gasteiger charge is 2.26. The average molecular weight is 556 g/mol. The number of H-pyrrole nitrogens is 1. The van der Waals surface area contributed by atoms with Gasteiger partial charge >= 0.3 is 0 Å². The van der Waals surface area contributed by atoms with Crippen molar-refractivity contribution in [1.82, 2.24) is 14.7 Å². The molecule has 4 rings (SSSR count). The van der Waals surface area contributed by atoms with Crippen LogP contribution in [0.25, 0.3) is 11.3 Å². The molecule has 9 nitrogen and oxygen atoms in total. The number of benzene rings is 2. The second-order valence-corrected chi connectivity index (χ2v) is 10.4. The minimum absolute atomic E-state index is 0. The molecular weight excluding hydrogens is 525 g/mol. The Hall–Kier alpha value is -4.51. The van der Waals surface area contributed by atoms with Crippen molar-refractivity contribution in [3.8, 4) is 28.6 Å². The smallest absolute Gasteiger partial charge is 0.270 e. The number of aromatic nitrogens is 2. The highest BCUT2D eigenvalue weighted by Crippen LogP contribution is 2.34. The fraction of sp³-hybridized carbons (Fsp3) is 0.179. The number of aryl methyl sites for hydroxylation is 3. The van der Waals surface area contributed by atoms with Crippen LogP contribution in [0.3, 0.4) is 0 Å². The molecule has 0 fully saturated rings. The molecule has 2 aromatic carbocycles. The zero-order chi connectivity index (χ0) is 28.3. The van der Waals surface area contributed by atoms with Crippen molar-refractivity contribution in [2.75, 3.05) is 6.61 Å². The van der Waals surface area contributed by atoms with Crippen LogP contribution in [0.2, 0.25) is 0 Å². The summed E-state index contributed by atoms with van der Waals surface area (Å²) in [7, 11) is -4.53. The van der Waals surface area contributed by atoms with Gasteiger partial charge in [0, 0.05) is 14.6 Å². The number of carbonyl (C=O) groups excluding carboxylic acids is 1. The third-order valence-electron chi connectivity index (χ3n) is 5.73. The molecule has 0 aliphatic heterocycles. The SMILES string of the molecule is CCOc1ccc(F)c(-c2ccc(C(=O)NS(=O)(=O)c3ccc[nH]c3=O)c(Oc3c(C)cc(C)cc3C)n2)c1.[HH].[HH]. The van der Waals surface area contributed by atoms with Gasteiger partial charge < -0.3 is 14.5 Å². The monoisotopic (exact) mass is 555 g/mol. The summed E-state index contributed by atoms with van der Waals surface area (Å²) in [6, 6.07) is 13.0. The van der Waals surface area contributed by atoms with Crippen LogP contribution in [0.5, 0.6) is 17.4 Å². The van der Waals surface area contributed by atoms with Crippen molar-refractivity contribution >= 4 is 15.9 Å². The third kappa shape index (κ3) is 5.99. The zero-order valence-corrected chi connectivity index (χ0v) is 22.5. The average Bonchev–Trinajstić information content (AvgIpc) is 2.87. The van der Waals surface area contributed by atoms with E-state index in [2.05, 4.69) is 9.97 Å². The van der Waals surface area contributed by atoms with Crippen LogP contribution in [0, 0.1) is 26.6 Å². The molecule has 0 radical (unpaired) electrons. The van der Waals surface area contributed by atoms with Gasteiger partial charge in [0.2, 0.25) is 5.88 Å². The minimum Gasteiger partial charge on any atom is -0.494 e. The first-order chi connectivity index (χ1) is 18.5. The molecule has 0 bridgehead atoms. The summed E-state index contributed by atoms with van der Waals surface area (Å²) in [5.74, 6) is -1.09. The molecule has 206 valence electrons. The summed E-state index contributed by atoms with van der Waals surface area (Å²) < 4.78 is 53.9. The lowest BCUT2D eigenvalue weighted by molar-refractivity contribution is 0.0978. The molecule has 2 heterocycles. The summed E-state index contributed by atoms with van der Waals surface area (Å²) in [6.07, 6.45) is 1.27. The van der Waals surface area contributed by atoms with E-state index in [1.54, 1.807) is 6.92 Å². The zero-order valence-electron chi connectivity index (χ0n) is 21.7. The number of rotatable bonds is 8. The molecule has 4 aromatic rings. The van der Waals surface area contributed by atoms with E-state index in [-0.39, 0.29) is 25.6 Å². The number of halogens is 1. The predicted octanol–water partition coefficient (Wildman–Crippen LogP) is 5.30. The van der Waals surface area contributed by atoms with Crippen LogP contribution in [0.15, 0.2) is 70.5 Å². The molecule has 2 N–H and O–H groups in total. The van der Waals surface area contributed by atoms with Crippen molar-refractivity contribution in [3.63, 3.8) is 0 Å². The lowest BCUT2D eigenvalue weighted by atomic mass is 10.1. The molecule has 0 spiro atoms. The Bertz CT molecular complexity index is 1720. The molecule has 0 saturated heterocycles. The lowest BCUT2D eigenvalue weighted by Crippen LogP contribution is -2.34. The van der Waals surface area contributed by atoms with Gasteiger partial charge in [0.1, 0.15) is 22.9 Å². The van der Waals surface area contributed by atoms with Crippen molar-refractivity contribution in [2.24, 2.45) is 0 Å². The van der Waals surface area contributed by atoms with Crippen LogP contribution in [-0.2, 0) is 10.0 Å². The molecular formula is C28H30FN3O6S. The minimum atomic E-state index is -4.53. The number of aromatic amines is 1. The molecule has 0 atom stereocenters. The highest BCUT2D eigenvalue weighted by molar-refractivity contribution is 7.90. The molecule has 0 saturated carbocycles. The van der Waals surface area contributed by atoms with Gasteiger partial charge in [-0.05, 0) is 81.3 Å². The van der Waals surface area contributed by atoms with Crippen LogP contribution in [0.4, 0.5) is 4.39 Å². The van der Waals surface area contributed by atoms with Crippen LogP contribution in [0.1, 0.15) is 36.8 Å². The molecule has 39 heavy (non-hydrogen) atoms. The Kier molecular flexibility index (Phi) is 7.82. The van der Waals surface area contributed by atoms with Gasteiger partial charge in [0.05, 0.1) is 12.3 Å². The highest BCUT2D eigenvalue weighted by atomic mass is 32.2. The van der Waals surface area contributed by atoms with Crippen LogP contribution in [-0.4, -0.2) is 30.9 Å². The first-order valence-corrected chi connectivity index (χ1v) is 13.4. The molecule has 2 aromatic heterocycles. The van der Waals surface area contributed by atoms with E-state index in [1.165, 1.54) is 42.6 Å². The van der Waals surface area contributed by atoms with E-state index >= 15 is 0 Å². The number of pyridine rings is 2. The molecule has 0 unspecified atom stereocenters. The van der Waals surface area contributed by atoms with Gasteiger partial charge in [-0.25, -0.2) is 22.5 Å². The molecule has 0 aliphatic rings. The van der Waals surface area contributed by atoms with E-state index in [4.69, 9.17) is 9.47 Å². The largest absolute Gasteiger partial charge is 0.494 e. The first-order valence-electron chi connectivity index (χ1n) is 11.9. The van der Waals surface area contributed by atoms with Crippen molar-refractivity contribution in [1.29, 1.82) is 0 Å². The van der Waals surface area contributed by atoms with Gasteiger partial charge in [-0.1, -0.05) is 17.7 Å². The third-order valence-corrected chi connectivity index (χ3v) is 7.09. The van der Waals surface area contributed by atoms with E-state index < -0.39 is 32.2 Å². The van der Waals surface area contributed by atoms with Gasteiger partial charge in [-0.2, -0.15) is 0 Å². The summed E-state index contributed by atoms with van der Waals surface area (Å²) in [5, 5.41) is 0. The van der Waals surface area contributed by atoms with Gasteiger partial charge in [-0.3, -0.25) is 9.59 Å². The molecule has 0 aliphatic carbocycles. The fourth-order valence-corrected chi connectivity index (χ4v) is 5.10. The van der Waals surface area contributed by atoms with Gasteiger partial charge in [0.25, 0.3) is 21.5 Å². The number of amides is 1. The predicted molar refractivity (Wildman–Crippen MR) is 147 cm³/mol. The maximum Gasteiger partial charge on any atom is 0.270 e. The number of nitrogens with one attached hydrogen (secondary N) is 2. The molecule has 11 heteroatoms. The summed E-state index contributed by atoms with van der Waals surface area (Å²) >= 11 is 0. The Morgan fingerprint density at radius 3 is 2.46 bits per heavy atom. The van der Waals surface area contributed by atoms with Crippen LogP contribution >= 0.6 is 0 Å². The maximum absolute atomic E-state index is 14.8. The Balaban J connectivity index is 0.00000294. The summed E-state index contributed by atoms with van der Waals surface area (Å²) in [6.45, 7) is 7.72. The van der Waals surface area contributed by atoms with E-state index in [0.29, 0.717) is 18.1 Å². The Labute approximate surface area is 227 Å². The second kappa shape index (κ2) is 11.1. The fourth-order valence-electron chi connectivity index (χ4n) is 4.07. The topological polar surface area (TPSA) is 127 Å².